The van der Waals surface area contributed by atoms with E-state index in [0.29, 0.717) is 59.9 Å². The van der Waals surface area contributed by atoms with Crippen molar-refractivity contribution in [3.63, 3.8) is 0 Å². The van der Waals surface area contributed by atoms with Crippen molar-refractivity contribution in [3.05, 3.63) is 82.5 Å². The highest BCUT2D eigenvalue weighted by atomic mass is 35.5. The lowest BCUT2D eigenvalue weighted by Gasteiger charge is -2.42. The molecule has 38 heavy (non-hydrogen) atoms. The summed E-state index contributed by atoms with van der Waals surface area (Å²) in [6.07, 6.45) is 0.641. The van der Waals surface area contributed by atoms with Gasteiger partial charge in [-0.15, -0.1) is 0 Å². The van der Waals surface area contributed by atoms with E-state index >= 15 is 0 Å². The van der Waals surface area contributed by atoms with Crippen LogP contribution in [0, 0.1) is 5.82 Å². The Hall–Kier alpha value is -2.95. The molecule has 2 aromatic carbocycles. The van der Waals surface area contributed by atoms with Crippen LogP contribution in [-0.2, 0) is 12.6 Å². The number of nitrogens with one attached hydrogen (secondary N) is 2. The number of nitrogens with zero attached hydrogens (tertiary/aromatic N) is 3. The standard InChI is InChI=1S/C27H31ClF4N5O/c1-37(2,38)25-14-18(17-4-3-5-20(12-17)27(30,31)32)6-7-23(25)36-24-15-22(29)19(13-21(24)28)8-11-34-26-9-10-33-16-35-26/h3-5,9-10,12-13,15-16,18,23,25,36,38H,6-8,11,14H2,1-2H3,(H,33,34,35)/q+1. The van der Waals surface area contributed by atoms with Gasteiger partial charge in [-0.1, -0.05) is 29.8 Å². The van der Waals surface area contributed by atoms with Crippen molar-refractivity contribution < 1.29 is 27.4 Å². The first-order valence-corrected chi connectivity index (χ1v) is 12.8. The number of rotatable bonds is 8. The molecule has 1 saturated carbocycles. The fourth-order valence-corrected chi connectivity index (χ4v) is 5.34. The van der Waals surface area contributed by atoms with E-state index in [-0.39, 0.29) is 22.6 Å². The normalized spacial score (nSPS) is 20.3. The lowest BCUT2D eigenvalue weighted by atomic mass is 9.77. The fourth-order valence-electron chi connectivity index (χ4n) is 5.10. The molecule has 0 aliphatic heterocycles. The van der Waals surface area contributed by atoms with Gasteiger partial charge in [-0.25, -0.2) is 19.6 Å². The average molecular weight is 553 g/mol. The van der Waals surface area contributed by atoms with Crippen molar-refractivity contribution in [3.8, 4) is 0 Å². The number of anilines is 2. The molecule has 3 aromatic rings. The Balaban J connectivity index is 1.46. The second kappa shape index (κ2) is 11.4. The molecule has 0 bridgehead atoms. The van der Waals surface area contributed by atoms with Gasteiger partial charge in [0.05, 0.1) is 36.4 Å². The van der Waals surface area contributed by atoms with Gasteiger partial charge in [0.15, 0.2) is 0 Å². The molecule has 0 spiro atoms. The molecule has 0 radical (unpaired) electrons. The maximum Gasteiger partial charge on any atom is 0.416 e. The van der Waals surface area contributed by atoms with Crippen molar-refractivity contribution in [2.75, 3.05) is 31.3 Å². The molecule has 204 valence electrons. The molecular weight excluding hydrogens is 522 g/mol. The Kier molecular flexibility index (Phi) is 8.44. The Morgan fingerprint density at radius 2 is 1.92 bits per heavy atom. The summed E-state index contributed by atoms with van der Waals surface area (Å²) in [5.74, 6) is 0.0801. The summed E-state index contributed by atoms with van der Waals surface area (Å²) in [6.45, 7) is 0.453. The molecule has 1 aliphatic carbocycles. The molecule has 4 rings (SSSR count). The number of halogens is 5. The Morgan fingerprint density at radius 1 is 1.13 bits per heavy atom. The molecule has 1 fully saturated rings. The summed E-state index contributed by atoms with van der Waals surface area (Å²) in [7, 11) is 3.26. The number of quaternary nitrogens is 1. The van der Waals surface area contributed by atoms with Gasteiger partial charge in [0, 0.05) is 19.2 Å². The number of benzene rings is 2. The highest BCUT2D eigenvalue weighted by Gasteiger charge is 2.42. The first-order chi connectivity index (χ1) is 17.9. The third-order valence-electron chi connectivity index (χ3n) is 7.07. The molecule has 1 aliphatic rings. The minimum Gasteiger partial charge on any atom is -0.375 e. The molecule has 1 aromatic heterocycles. The fraction of sp³-hybridized carbons (Fsp3) is 0.407. The predicted octanol–water partition coefficient (Wildman–Crippen LogP) is 6.52. The number of hydrogen-bond acceptors (Lipinski definition) is 5. The van der Waals surface area contributed by atoms with Crippen LogP contribution in [0.2, 0.25) is 5.02 Å². The molecule has 3 unspecified atom stereocenters. The summed E-state index contributed by atoms with van der Waals surface area (Å²) in [5, 5.41) is 17.7. The molecular formula is C27H31ClF4N5O+. The van der Waals surface area contributed by atoms with Crippen LogP contribution in [0.5, 0.6) is 0 Å². The average Bonchev–Trinajstić information content (AvgIpc) is 2.86. The molecule has 3 N–H and O–H groups in total. The van der Waals surface area contributed by atoms with Crippen LogP contribution in [0.15, 0.2) is 55.0 Å². The quantitative estimate of drug-likeness (QED) is 0.168. The van der Waals surface area contributed by atoms with E-state index in [2.05, 4.69) is 20.6 Å². The van der Waals surface area contributed by atoms with E-state index in [1.807, 2.05) is 0 Å². The first kappa shape index (κ1) is 28.1. The number of aromatic nitrogens is 2. The highest BCUT2D eigenvalue weighted by molar-refractivity contribution is 6.33. The van der Waals surface area contributed by atoms with E-state index in [0.717, 1.165) is 6.07 Å². The summed E-state index contributed by atoms with van der Waals surface area (Å²) in [5.41, 5.74) is 0.780. The molecule has 3 atom stereocenters. The second-order valence-electron chi connectivity index (χ2n) is 10.1. The third-order valence-corrected chi connectivity index (χ3v) is 7.39. The van der Waals surface area contributed by atoms with Crippen molar-refractivity contribution >= 4 is 23.1 Å². The number of alkyl halides is 3. The molecule has 6 nitrogen and oxygen atoms in total. The first-order valence-electron chi connectivity index (χ1n) is 12.4. The Bertz CT molecular complexity index is 1240. The van der Waals surface area contributed by atoms with E-state index in [4.69, 9.17) is 11.6 Å². The predicted molar refractivity (Wildman–Crippen MR) is 139 cm³/mol. The maximum absolute atomic E-state index is 15.0. The summed E-state index contributed by atoms with van der Waals surface area (Å²) in [6, 6.07) is 9.41. The van der Waals surface area contributed by atoms with E-state index < -0.39 is 17.6 Å². The van der Waals surface area contributed by atoms with E-state index in [1.165, 1.54) is 24.5 Å². The van der Waals surface area contributed by atoms with Crippen molar-refractivity contribution in [1.29, 1.82) is 0 Å². The van der Waals surface area contributed by atoms with Gasteiger partial charge in [0.1, 0.15) is 24.0 Å². The monoisotopic (exact) mass is 552 g/mol. The number of hydroxylamine groups is 3. The lowest BCUT2D eigenvalue weighted by Crippen LogP contribution is -2.56. The smallest absolute Gasteiger partial charge is 0.375 e. The Labute approximate surface area is 224 Å². The van der Waals surface area contributed by atoms with Crippen LogP contribution in [-0.4, -0.2) is 52.5 Å². The van der Waals surface area contributed by atoms with Crippen molar-refractivity contribution in [2.24, 2.45) is 0 Å². The van der Waals surface area contributed by atoms with Crippen molar-refractivity contribution in [1.82, 2.24) is 9.97 Å². The van der Waals surface area contributed by atoms with Gasteiger partial charge in [-0.05, 0) is 60.6 Å². The minimum absolute atomic E-state index is 0.151. The zero-order valence-electron chi connectivity index (χ0n) is 21.1. The van der Waals surface area contributed by atoms with E-state index in [1.54, 1.807) is 38.5 Å². The Morgan fingerprint density at radius 3 is 2.61 bits per heavy atom. The van der Waals surface area contributed by atoms with Crippen LogP contribution >= 0.6 is 11.6 Å². The van der Waals surface area contributed by atoms with Gasteiger partial charge in [0.25, 0.3) is 0 Å². The lowest BCUT2D eigenvalue weighted by molar-refractivity contribution is -1.09. The zero-order chi connectivity index (χ0) is 27.5. The highest BCUT2D eigenvalue weighted by Crippen LogP contribution is 2.40. The summed E-state index contributed by atoms with van der Waals surface area (Å²) < 4.78 is 54.3. The largest absolute Gasteiger partial charge is 0.416 e. The van der Waals surface area contributed by atoms with Gasteiger partial charge >= 0.3 is 6.18 Å². The molecule has 0 amide bonds. The van der Waals surface area contributed by atoms with Crippen LogP contribution < -0.4 is 10.6 Å². The number of hydrogen-bond donors (Lipinski definition) is 3. The van der Waals surface area contributed by atoms with Gasteiger partial charge in [-0.2, -0.15) is 17.8 Å². The maximum atomic E-state index is 15.0. The van der Waals surface area contributed by atoms with Crippen LogP contribution in [0.1, 0.15) is 41.9 Å². The summed E-state index contributed by atoms with van der Waals surface area (Å²) >= 11 is 6.52. The zero-order valence-corrected chi connectivity index (χ0v) is 21.9. The van der Waals surface area contributed by atoms with Gasteiger partial charge in [-0.3, -0.25) is 0 Å². The molecule has 0 saturated heterocycles. The van der Waals surface area contributed by atoms with Crippen LogP contribution in [0.4, 0.5) is 29.1 Å². The van der Waals surface area contributed by atoms with Gasteiger partial charge in [0.2, 0.25) is 0 Å². The minimum atomic E-state index is -4.42. The van der Waals surface area contributed by atoms with Crippen LogP contribution in [0.3, 0.4) is 0 Å². The van der Waals surface area contributed by atoms with E-state index in [9.17, 15) is 22.8 Å². The molecule has 1 heterocycles. The summed E-state index contributed by atoms with van der Waals surface area (Å²) in [4.78, 5) is 7.93. The topological polar surface area (TPSA) is 70.1 Å². The second-order valence-corrected chi connectivity index (χ2v) is 10.5. The number of likely N-dealkylation sites (N-methyl/N-ethyl adjacent to an activating group) is 1. The van der Waals surface area contributed by atoms with Crippen LogP contribution in [0.25, 0.3) is 0 Å². The molecule has 11 heteroatoms. The van der Waals surface area contributed by atoms with Gasteiger partial charge < -0.3 is 10.6 Å². The van der Waals surface area contributed by atoms with Crippen molar-refractivity contribution in [2.45, 2.75) is 49.9 Å². The SMILES string of the molecule is C[N+](C)(O)C1CC(c2cccc(C(F)(F)F)c2)CCC1Nc1cc(F)c(CCNc2ccncn2)cc1Cl. The third kappa shape index (κ3) is 6.92.